The summed E-state index contributed by atoms with van der Waals surface area (Å²) in [6.45, 7) is 3.22. The average Bonchev–Trinajstić information content (AvgIpc) is 3.33. The van der Waals surface area contributed by atoms with E-state index in [-0.39, 0.29) is 24.7 Å². The summed E-state index contributed by atoms with van der Waals surface area (Å²) in [5.41, 5.74) is 4.26. The normalized spacial score (nSPS) is 16.2. The third kappa shape index (κ3) is 5.88. The van der Waals surface area contributed by atoms with E-state index in [0.29, 0.717) is 13.1 Å². The number of nitrogens with zero attached hydrogens (tertiary/aromatic N) is 3. The first kappa shape index (κ1) is 21.4. The monoisotopic (exact) mass is 436 g/mol. The van der Waals surface area contributed by atoms with E-state index >= 15 is 0 Å². The van der Waals surface area contributed by atoms with Gasteiger partial charge in [-0.1, -0.05) is 42.5 Å². The lowest BCUT2D eigenvalue weighted by Crippen LogP contribution is -2.32. The molecule has 0 aromatic heterocycles. The second kappa shape index (κ2) is 10.5. The van der Waals surface area contributed by atoms with Crippen molar-refractivity contribution in [3.63, 3.8) is 0 Å². The lowest BCUT2D eigenvalue weighted by atomic mass is 10.1. The Bertz CT molecular complexity index is 924. The SMILES string of the molecule is O=C(CCC(=O)N1CCC(c2ccccc2)=N1)NCc1ccc(N2CCSCC2)cc1. The summed E-state index contributed by atoms with van der Waals surface area (Å²) < 4.78 is 0. The van der Waals surface area contributed by atoms with Crippen LogP contribution in [0.1, 0.15) is 30.4 Å². The smallest absolute Gasteiger partial charge is 0.243 e. The van der Waals surface area contributed by atoms with E-state index in [0.717, 1.165) is 36.3 Å². The highest BCUT2D eigenvalue weighted by Crippen LogP contribution is 2.20. The van der Waals surface area contributed by atoms with Gasteiger partial charge in [0.25, 0.3) is 0 Å². The van der Waals surface area contributed by atoms with Crippen molar-refractivity contribution in [3.8, 4) is 0 Å². The van der Waals surface area contributed by atoms with E-state index in [4.69, 9.17) is 0 Å². The quantitative estimate of drug-likeness (QED) is 0.724. The Morgan fingerprint density at radius 2 is 1.68 bits per heavy atom. The molecule has 1 saturated heterocycles. The predicted octanol–water partition coefficient (Wildman–Crippen LogP) is 3.27. The highest BCUT2D eigenvalue weighted by molar-refractivity contribution is 7.99. The number of amides is 2. The molecule has 0 unspecified atom stereocenters. The zero-order valence-electron chi connectivity index (χ0n) is 17.6. The Hall–Kier alpha value is -2.80. The maximum absolute atomic E-state index is 12.4. The molecule has 4 rings (SSSR count). The van der Waals surface area contributed by atoms with Crippen molar-refractivity contribution in [1.82, 2.24) is 10.3 Å². The van der Waals surface area contributed by atoms with Gasteiger partial charge in [0.2, 0.25) is 11.8 Å². The number of thioether (sulfide) groups is 1. The number of carbonyl (C=O) groups excluding carboxylic acids is 2. The van der Waals surface area contributed by atoms with Gasteiger partial charge < -0.3 is 10.2 Å². The number of nitrogens with one attached hydrogen (secondary N) is 1. The topological polar surface area (TPSA) is 65.0 Å². The largest absolute Gasteiger partial charge is 0.370 e. The minimum Gasteiger partial charge on any atom is -0.370 e. The fourth-order valence-corrected chi connectivity index (χ4v) is 4.66. The van der Waals surface area contributed by atoms with Crippen LogP contribution in [0.25, 0.3) is 0 Å². The first-order valence-corrected chi connectivity index (χ1v) is 12.0. The molecule has 1 N–H and O–H groups in total. The summed E-state index contributed by atoms with van der Waals surface area (Å²) in [4.78, 5) is 27.0. The van der Waals surface area contributed by atoms with E-state index in [1.54, 1.807) is 0 Å². The van der Waals surface area contributed by atoms with E-state index in [9.17, 15) is 9.59 Å². The van der Waals surface area contributed by atoms with Crippen LogP contribution in [0.15, 0.2) is 59.7 Å². The Balaban J connectivity index is 1.20. The Kier molecular flexibility index (Phi) is 7.25. The van der Waals surface area contributed by atoms with Crippen molar-refractivity contribution in [2.24, 2.45) is 5.10 Å². The number of benzene rings is 2. The Morgan fingerprint density at radius 1 is 0.935 bits per heavy atom. The van der Waals surface area contributed by atoms with Crippen LogP contribution in [0, 0.1) is 0 Å². The molecule has 0 radical (unpaired) electrons. The number of hydrogen-bond donors (Lipinski definition) is 1. The Labute approximate surface area is 187 Å². The van der Waals surface area contributed by atoms with Crippen molar-refractivity contribution in [1.29, 1.82) is 0 Å². The fraction of sp³-hybridized carbons (Fsp3) is 0.375. The number of hydrogen-bond acceptors (Lipinski definition) is 5. The minimum absolute atomic E-state index is 0.106. The van der Waals surface area contributed by atoms with Crippen LogP contribution in [0.2, 0.25) is 0 Å². The van der Waals surface area contributed by atoms with Crippen LogP contribution in [0.5, 0.6) is 0 Å². The van der Waals surface area contributed by atoms with Crippen LogP contribution in [-0.2, 0) is 16.1 Å². The van der Waals surface area contributed by atoms with Gasteiger partial charge in [0.1, 0.15) is 0 Å². The molecule has 2 aliphatic rings. The molecular weight excluding hydrogens is 408 g/mol. The van der Waals surface area contributed by atoms with Crippen LogP contribution in [0.4, 0.5) is 5.69 Å². The average molecular weight is 437 g/mol. The van der Waals surface area contributed by atoms with Crippen molar-refractivity contribution in [2.45, 2.75) is 25.8 Å². The molecule has 31 heavy (non-hydrogen) atoms. The van der Waals surface area contributed by atoms with Gasteiger partial charge in [-0.2, -0.15) is 16.9 Å². The number of rotatable bonds is 7. The zero-order chi connectivity index (χ0) is 21.5. The molecule has 0 bridgehead atoms. The molecule has 6 nitrogen and oxygen atoms in total. The molecule has 0 atom stereocenters. The van der Waals surface area contributed by atoms with Gasteiger partial charge in [0.15, 0.2) is 0 Å². The predicted molar refractivity (Wildman–Crippen MR) is 126 cm³/mol. The second-order valence-corrected chi connectivity index (χ2v) is 8.95. The maximum Gasteiger partial charge on any atom is 0.243 e. The van der Waals surface area contributed by atoms with E-state index < -0.39 is 0 Å². The molecule has 0 saturated carbocycles. The van der Waals surface area contributed by atoms with Crippen molar-refractivity contribution in [3.05, 3.63) is 65.7 Å². The lowest BCUT2D eigenvalue weighted by molar-refractivity contribution is -0.133. The summed E-state index contributed by atoms with van der Waals surface area (Å²) in [5, 5.41) is 8.85. The minimum atomic E-state index is -0.114. The highest BCUT2D eigenvalue weighted by atomic mass is 32.2. The van der Waals surface area contributed by atoms with Gasteiger partial charge in [0.05, 0.1) is 12.3 Å². The third-order valence-corrected chi connectivity index (χ3v) is 6.51. The molecule has 2 amide bonds. The number of hydrazone groups is 1. The third-order valence-electron chi connectivity index (χ3n) is 5.56. The highest BCUT2D eigenvalue weighted by Gasteiger charge is 2.21. The summed E-state index contributed by atoms with van der Waals surface area (Å²) in [6, 6.07) is 18.3. The van der Waals surface area contributed by atoms with Crippen LogP contribution < -0.4 is 10.2 Å². The molecule has 0 aliphatic carbocycles. The molecule has 2 heterocycles. The summed E-state index contributed by atoms with van der Waals surface area (Å²) in [7, 11) is 0. The van der Waals surface area contributed by atoms with Crippen LogP contribution in [-0.4, -0.2) is 53.7 Å². The molecule has 0 spiro atoms. The van der Waals surface area contributed by atoms with Crippen molar-refractivity contribution in [2.75, 3.05) is 36.0 Å². The molecule has 162 valence electrons. The molecular formula is C24H28N4O2S. The zero-order valence-corrected chi connectivity index (χ0v) is 18.4. The number of anilines is 1. The molecule has 2 aromatic rings. The number of carbonyl (C=O) groups is 2. The van der Waals surface area contributed by atoms with Gasteiger partial charge in [-0.15, -0.1) is 0 Å². The first-order chi connectivity index (χ1) is 15.2. The summed E-state index contributed by atoms with van der Waals surface area (Å²) in [6.07, 6.45) is 1.09. The fourth-order valence-electron chi connectivity index (χ4n) is 3.76. The van der Waals surface area contributed by atoms with E-state index in [1.807, 2.05) is 42.1 Å². The van der Waals surface area contributed by atoms with Gasteiger partial charge >= 0.3 is 0 Å². The van der Waals surface area contributed by atoms with Gasteiger partial charge in [0, 0.05) is 56.1 Å². The van der Waals surface area contributed by atoms with Crippen molar-refractivity contribution < 1.29 is 9.59 Å². The van der Waals surface area contributed by atoms with E-state index in [1.165, 1.54) is 22.2 Å². The van der Waals surface area contributed by atoms with Crippen LogP contribution >= 0.6 is 11.8 Å². The first-order valence-electron chi connectivity index (χ1n) is 10.8. The second-order valence-electron chi connectivity index (χ2n) is 7.72. The molecule has 1 fully saturated rings. The Morgan fingerprint density at radius 3 is 2.42 bits per heavy atom. The standard InChI is InChI=1S/C24H28N4O2S/c29-23(25-18-19-6-8-21(9-7-19)27-14-16-31-17-15-27)10-11-24(30)28-13-12-22(26-28)20-4-2-1-3-5-20/h1-9H,10-18H2,(H,25,29). The maximum atomic E-state index is 12.4. The lowest BCUT2D eigenvalue weighted by Gasteiger charge is -2.28. The summed E-state index contributed by atoms with van der Waals surface area (Å²) in [5.74, 6) is 2.13. The molecule has 2 aliphatic heterocycles. The van der Waals surface area contributed by atoms with Gasteiger partial charge in [-0.25, -0.2) is 5.01 Å². The van der Waals surface area contributed by atoms with Crippen molar-refractivity contribution >= 4 is 35.0 Å². The molecule has 7 heteroatoms. The van der Waals surface area contributed by atoms with Crippen LogP contribution in [0.3, 0.4) is 0 Å². The summed E-state index contributed by atoms with van der Waals surface area (Å²) >= 11 is 2.00. The molecule has 2 aromatic carbocycles. The van der Waals surface area contributed by atoms with Gasteiger partial charge in [-0.3, -0.25) is 9.59 Å². The van der Waals surface area contributed by atoms with E-state index in [2.05, 4.69) is 39.6 Å². The van der Waals surface area contributed by atoms with Gasteiger partial charge in [-0.05, 0) is 23.3 Å².